The van der Waals surface area contributed by atoms with Gasteiger partial charge in [-0.1, -0.05) is 57.2 Å². The molecule has 32 heavy (non-hydrogen) atoms. The van der Waals surface area contributed by atoms with Crippen molar-refractivity contribution in [3.05, 3.63) is 6.20 Å². The lowest BCUT2D eigenvalue weighted by Crippen LogP contribution is -2.50. The zero-order valence-corrected chi connectivity index (χ0v) is 21.0. The van der Waals surface area contributed by atoms with E-state index in [0.29, 0.717) is 23.8 Å². The van der Waals surface area contributed by atoms with Gasteiger partial charge < -0.3 is 15.3 Å². The molecule has 2 amide bonds. The number of thiazole rings is 1. The van der Waals surface area contributed by atoms with E-state index in [4.69, 9.17) is 15.3 Å². The molecule has 0 aromatic carbocycles. The number of aliphatic hydroxyl groups excluding tert-OH is 2. The summed E-state index contributed by atoms with van der Waals surface area (Å²) in [5, 5.41) is 27.4. The number of aromatic amines is 1. The van der Waals surface area contributed by atoms with Gasteiger partial charge >= 0.3 is 17.1 Å². The van der Waals surface area contributed by atoms with Crippen LogP contribution in [0.4, 0.5) is 9.93 Å². The van der Waals surface area contributed by atoms with Gasteiger partial charge in [0, 0.05) is 25.8 Å². The monoisotopic (exact) mass is 490 g/mol. The molecule has 2 aliphatic carbocycles. The molecule has 5 N–H and O–H groups in total. The Kier molecular flexibility index (Phi) is 15.4. The number of urea groups is 1. The summed E-state index contributed by atoms with van der Waals surface area (Å²) >= 11 is 2.66. The number of aliphatic carboxylic acids is 1. The molecule has 0 atom stereocenters. The second-order valence-electron chi connectivity index (χ2n) is 7.87. The molecular weight excluding hydrogens is 450 g/mol. The van der Waals surface area contributed by atoms with Crippen molar-refractivity contribution < 1.29 is 29.9 Å². The van der Waals surface area contributed by atoms with Gasteiger partial charge in [0.05, 0.1) is 5.75 Å². The number of H-pyrrole nitrogens is 1. The van der Waals surface area contributed by atoms with Crippen LogP contribution in [-0.2, 0) is 4.79 Å². The molecule has 1 aromatic heterocycles. The third kappa shape index (κ3) is 10.5. The first-order valence-corrected chi connectivity index (χ1v) is 13.4. The molecular formula is C22H40N3O5S2+. The van der Waals surface area contributed by atoms with Crippen LogP contribution in [-0.4, -0.2) is 63.8 Å². The van der Waals surface area contributed by atoms with E-state index < -0.39 is 5.97 Å². The third-order valence-electron chi connectivity index (χ3n) is 5.48. The average molecular weight is 491 g/mol. The van der Waals surface area contributed by atoms with Crippen LogP contribution in [0.25, 0.3) is 0 Å². The number of carbonyl (C=O) groups is 2. The standard InChI is InChI=1S/C18H27N3O3S2.C3H8O.CH4O/c22-15(23)12-25-16-11-19-17(26-16)20-18(24)21(13-7-3-1-4-8-13)14-9-5-2-6-10-14;1-2-3-4;1-2/h11,13-14H,1-10,12H2,(H,22,23)(H,19,20,24);4H,2-3H2,1H3;2H,1H3/p+1. The Labute approximate surface area is 199 Å². The summed E-state index contributed by atoms with van der Waals surface area (Å²) in [6.07, 6.45) is 14.5. The highest BCUT2D eigenvalue weighted by atomic mass is 32.2. The molecule has 0 bridgehead atoms. The van der Waals surface area contributed by atoms with Crippen LogP contribution in [0.15, 0.2) is 10.4 Å². The van der Waals surface area contributed by atoms with Crippen LogP contribution < -0.4 is 10.3 Å². The van der Waals surface area contributed by atoms with Crippen molar-refractivity contribution in [1.29, 1.82) is 0 Å². The minimum Gasteiger partial charge on any atom is -0.481 e. The average Bonchev–Trinajstić information content (AvgIpc) is 3.28. The predicted octanol–water partition coefficient (Wildman–Crippen LogP) is 4.24. The molecule has 1 heterocycles. The van der Waals surface area contributed by atoms with Crippen LogP contribution in [0.3, 0.4) is 0 Å². The molecule has 1 aromatic rings. The van der Waals surface area contributed by atoms with Gasteiger partial charge in [0.1, 0.15) is 10.4 Å². The number of carboxylic acid groups (broad SMARTS) is 1. The topological polar surface area (TPSA) is 124 Å². The summed E-state index contributed by atoms with van der Waals surface area (Å²) in [6.45, 7) is 2.25. The first-order chi connectivity index (χ1) is 15.5. The largest absolute Gasteiger partial charge is 0.481 e. The van der Waals surface area contributed by atoms with Gasteiger partial charge in [-0.15, -0.1) is 0 Å². The second kappa shape index (κ2) is 17.2. The van der Waals surface area contributed by atoms with Crippen molar-refractivity contribution in [1.82, 2.24) is 4.90 Å². The second-order valence-corrected chi connectivity index (χ2v) is 10.2. The fourth-order valence-corrected chi connectivity index (χ4v) is 5.71. The minimum atomic E-state index is -0.838. The van der Waals surface area contributed by atoms with Crippen molar-refractivity contribution in [2.45, 2.75) is 93.8 Å². The van der Waals surface area contributed by atoms with Crippen LogP contribution in [0, 0.1) is 0 Å². The molecule has 2 saturated carbocycles. The van der Waals surface area contributed by atoms with E-state index in [1.165, 1.54) is 61.6 Å². The van der Waals surface area contributed by atoms with Gasteiger partial charge in [-0.05, 0) is 43.4 Å². The van der Waals surface area contributed by atoms with Crippen LogP contribution in [0.5, 0.6) is 0 Å². The van der Waals surface area contributed by atoms with E-state index >= 15 is 0 Å². The first kappa shape index (κ1) is 28.7. The number of thioether (sulfide) groups is 1. The molecule has 184 valence electrons. The maximum Gasteiger partial charge on any atom is 0.410 e. The van der Waals surface area contributed by atoms with E-state index in [1.54, 1.807) is 6.20 Å². The van der Waals surface area contributed by atoms with Crippen molar-refractivity contribution in [2.24, 2.45) is 0 Å². The fourth-order valence-electron chi connectivity index (χ4n) is 4.06. The number of amides is 2. The minimum absolute atomic E-state index is 0.00307. The summed E-state index contributed by atoms with van der Waals surface area (Å²) in [6, 6.07) is 0.706. The van der Waals surface area contributed by atoms with E-state index in [2.05, 4.69) is 15.2 Å². The van der Waals surface area contributed by atoms with E-state index in [-0.39, 0.29) is 11.8 Å². The highest BCUT2D eigenvalue weighted by molar-refractivity contribution is 8.01. The lowest BCUT2D eigenvalue weighted by Gasteiger charge is -2.40. The van der Waals surface area contributed by atoms with E-state index in [1.807, 2.05) is 6.92 Å². The van der Waals surface area contributed by atoms with Crippen LogP contribution >= 0.6 is 23.1 Å². The number of anilines is 1. The molecule has 2 aliphatic rings. The molecule has 0 unspecified atom stereocenters. The number of aliphatic hydroxyl groups is 2. The number of nitrogens with one attached hydrogen (secondary N) is 2. The maximum atomic E-state index is 13.1. The quantitative estimate of drug-likeness (QED) is 0.424. The van der Waals surface area contributed by atoms with Gasteiger partial charge in [-0.3, -0.25) is 9.69 Å². The Hall–Kier alpha value is -1.36. The zero-order chi connectivity index (χ0) is 23.8. The molecule has 10 heteroatoms. The van der Waals surface area contributed by atoms with Gasteiger partial charge in [-0.25, -0.2) is 9.78 Å². The third-order valence-corrected chi connectivity index (χ3v) is 7.62. The number of rotatable bonds is 7. The predicted molar refractivity (Wildman–Crippen MR) is 129 cm³/mol. The van der Waals surface area contributed by atoms with Crippen LogP contribution in [0.2, 0.25) is 0 Å². The number of hydrogen-bond donors (Lipinski definition) is 4. The van der Waals surface area contributed by atoms with Gasteiger partial charge in [0.15, 0.2) is 0 Å². The lowest BCUT2D eigenvalue weighted by molar-refractivity contribution is -0.356. The number of hydrogen-bond acceptors (Lipinski definition) is 6. The smallest absolute Gasteiger partial charge is 0.410 e. The Morgan fingerprint density at radius 1 is 1.09 bits per heavy atom. The van der Waals surface area contributed by atoms with Crippen LogP contribution in [0.1, 0.15) is 77.6 Å². The van der Waals surface area contributed by atoms with Crippen molar-refractivity contribution in [2.75, 3.05) is 24.8 Å². The Balaban J connectivity index is 0.000000769. The van der Waals surface area contributed by atoms with Crippen molar-refractivity contribution in [3.8, 4) is 0 Å². The molecule has 0 radical (unpaired) electrons. The lowest BCUT2D eigenvalue weighted by atomic mass is 9.89. The van der Waals surface area contributed by atoms with Gasteiger partial charge in [0.25, 0.3) is 0 Å². The van der Waals surface area contributed by atoms with Crippen molar-refractivity contribution in [3.63, 3.8) is 0 Å². The summed E-state index contributed by atoms with van der Waals surface area (Å²) in [4.78, 5) is 29.0. The summed E-state index contributed by atoms with van der Waals surface area (Å²) in [5.41, 5.74) is 0. The molecule has 8 nitrogen and oxygen atoms in total. The Morgan fingerprint density at radius 3 is 2.03 bits per heavy atom. The van der Waals surface area contributed by atoms with E-state index in [0.717, 1.165) is 43.4 Å². The molecule has 0 saturated heterocycles. The Morgan fingerprint density at radius 2 is 1.59 bits per heavy atom. The Bertz CT molecular complexity index is 627. The first-order valence-electron chi connectivity index (χ1n) is 11.6. The van der Waals surface area contributed by atoms with Gasteiger partial charge in [-0.2, -0.15) is 5.32 Å². The number of nitrogens with zero attached hydrogens (tertiary/aromatic N) is 1. The number of carboxylic acids is 1. The summed E-state index contributed by atoms with van der Waals surface area (Å²) in [7, 11) is 1.00. The molecule has 3 rings (SSSR count). The highest BCUT2D eigenvalue weighted by Crippen LogP contribution is 2.31. The van der Waals surface area contributed by atoms with E-state index in [9.17, 15) is 9.59 Å². The number of carbonyl (C=O) groups excluding carboxylic acids is 1. The summed E-state index contributed by atoms with van der Waals surface area (Å²) in [5.74, 6) is -0.812. The molecule has 2 fully saturated rings. The normalized spacial score (nSPS) is 16.8. The zero-order valence-electron chi connectivity index (χ0n) is 19.3. The molecule has 0 aliphatic heterocycles. The molecule has 0 spiro atoms. The van der Waals surface area contributed by atoms with Gasteiger partial charge in [0.2, 0.25) is 0 Å². The highest BCUT2D eigenvalue weighted by Gasteiger charge is 2.35. The van der Waals surface area contributed by atoms with Crippen molar-refractivity contribution >= 4 is 40.2 Å². The summed E-state index contributed by atoms with van der Waals surface area (Å²) < 4.78 is 0.865. The SMILES string of the molecule is CCCO.CO.O=C(O)CSc1c[nH+]c(NC(=O)N(C2CCCCC2)C2CCCCC2)s1. The maximum absolute atomic E-state index is 13.1. The fraction of sp³-hybridized carbons (Fsp3) is 0.773. The number of aromatic nitrogens is 1.